The summed E-state index contributed by atoms with van der Waals surface area (Å²) >= 11 is 0. The summed E-state index contributed by atoms with van der Waals surface area (Å²) in [7, 11) is 0. The van der Waals surface area contributed by atoms with Crippen molar-refractivity contribution in [3.8, 4) is 0 Å². The van der Waals surface area contributed by atoms with Crippen LogP contribution in [0.25, 0.3) is 0 Å². The van der Waals surface area contributed by atoms with Crippen molar-refractivity contribution in [2.24, 2.45) is 0 Å². The molecule has 1 aromatic carbocycles. The maximum Gasteiger partial charge on any atom is 0.0914 e. The number of aliphatic hydroxyl groups is 1. The molecule has 0 bridgehead atoms. The second-order valence-electron chi connectivity index (χ2n) is 5.73. The lowest BCUT2D eigenvalue weighted by molar-refractivity contribution is 0.171. The second kappa shape index (κ2) is 6.35. The molecule has 2 rings (SSSR count). The van der Waals surface area contributed by atoms with E-state index in [0.29, 0.717) is 12.6 Å². The highest BCUT2D eigenvalue weighted by Crippen LogP contribution is 2.34. The first-order chi connectivity index (χ1) is 8.66. The summed E-state index contributed by atoms with van der Waals surface area (Å²) in [5.41, 5.74) is 2.46. The number of nitrogens with one attached hydrogen (secondary N) is 1. The van der Waals surface area contributed by atoms with Gasteiger partial charge in [-0.3, -0.25) is 0 Å². The van der Waals surface area contributed by atoms with Gasteiger partial charge in [-0.2, -0.15) is 0 Å². The van der Waals surface area contributed by atoms with Gasteiger partial charge in [0.2, 0.25) is 0 Å². The Morgan fingerprint density at radius 3 is 2.33 bits per heavy atom. The van der Waals surface area contributed by atoms with Gasteiger partial charge in [-0.25, -0.2) is 0 Å². The first-order valence-corrected chi connectivity index (χ1v) is 7.18. The minimum absolute atomic E-state index is 0.398. The van der Waals surface area contributed by atoms with E-state index >= 15 is 0 Å². The van der Waals surface area contributed by atoms with E-state index in [-0.39, 0.29) is 0 Å². The third-order valence-corrected chi connectivity index (χ3v) is 3.87. The van der Waals surface area contributed by atoms with Gasteiger partial charge in [-0.1, -0.05) is 51.0 Å². The Labute approximate surface area is 110 Å². The third kappa shape index (κ3) is 3.56. The molecule has 18 heavy (non-hydrogen) atoms. The van der Waals surface area contributed by atoms with E-state index in [4.69, 9.17) is 0 Å². The van der Waals surface area contributed by atoms with E-state index in [0.717, 1.165) is 11.5 Å². The predicted octanol–water partition coefficient (Wildman–Crippen LogP) is 3.38. The molecule has 0 spiro atoms. The lowest BCUT2D eigenvalue weighted by atomic mass is 9.96. The number of benzene rings is 1. The van der Waals surface area contributed by atoms with Crippen molar-refractivity contribution in [2.75, 3.05) is 6.54 Å². The SMILES string of the molecule is CC(C)NC[C@H](O)c1ccc(C2CCCC2)cc1. The van der Waals surface area contributed by atoms with Gasteiger partial charge < -0.3 is 10.4 Å². The van der Waals surface area contributed by atoms with E-state index in [2.05, 4.69) is 43.4 Å². The van der Waals surface area contributed by atoms with Crippen molar-refractivity contribution in [3.63, 3.8) is 0 Å². The molecule has 0 amide bonds. The van der Waals surface area contributed by atoms with Crippen LogP contribution >= 0.6 is 0 Å². The van der Waals surface area contributed by atoms with Crippen LogP contribution in [0, 0.1) is 0 Å². The maximum absolute atomic E-state index is 10.1. The topological polar surface area (TPSA) is 32.3 Å². The summed E-state index contributed by atoms with van der Waals surface area (Å²) in [6, 6.07) is 8.98. The van der Waals surface area contributed by atoms with Crippen LogP contribution in [0.5, 0.6) is 0 Å². The Morgan fingerprint density at radius 1 is 1.17 bits per heavy atom. The van der Waals surface area contributed by atoms with Gasteiger partial charge in [-0.15, -0.1) is 0 Å². The van der Waals surface area contributed by atoms with E-state index in [1.165, 1.54) is 31.2 Å². The number of aliphatic hydroxyl groups excluding tert-OH is 1. The Hall–Kier alpha value is -0.860. The van der Waals surface area contributed by atoms with E-state index in [1.54, 1.807) is 0 Å². The summed E-state index contributed by atoms with van der Waals surface area (Å²) in [6.07, 6.45) is 5.00. The van der Waals surface area contributed by atoms with Crippen LogP contribution < -0.4 is 5.32 Å². The lowest BCUT2D eigenvalue weighted by Gasteiger charge is -2.16. The highest BCUT2D eigenvalue weighted by molar-refractivity contribution is 5.27. The third-order valence-electron chi connectivity index (χ3n) is 3.87. The fraction of sp³-hybridized carbons (Fsp3) is 0.625. The fourth-order valence-electron chi connectivity index (χ4n) is 2.71. The highest BCUT2D eigenvalue weighted by atomic mass is 16.3. The average molecular weight is 247 g/mol. The van der Waals surface area contributed by atoms with E-state index < -0.39 is 6.10 Å². The molecule has 2 heteroatoms. The normalized spacial score (nSPS) is 18.4. The molecule has 1 fully saturated rings. The molecule has 0 aromatic heterocycles. The molecule has 1 aromatic rings. The lowest BCUT2D eigenvalue weighted by Crippen LogP contribution is -2.27. The number of rotatable bonds is 5. The Kier molecular flexibility index (Phi) is 4.79. The van der Waals surface area contributed by atoms with Crippen LogP contribution in [0.15, 0.2) is 24.3 Å². The quantitative estimate of drug-likeness (QED) is 0.836. The Bertz CT molecular complexity index is 352. The van der Waals surface area contributed by atoms with Gasteiger partial charge in [0.05, 0.1) is 6.10 Å². The van der Waals surface area contributed by atoms with Gasteiger partial charge in [0, 0.05) is 12.6 Å². The summed E-state index contributed by atoms with van der Waals surface area (Å²) in [6.45, 7) is 4.81. The van der Waals surface area contributed by atoms with Crippen molar-refractivity contribution in [2.45, 2.75) is 57.6 Å². The smallest absolute Gasteiger partial charge is 0.0914 e. The predicted molar refractivity (Wildman–Crippen MR) is 75.7 cm³/mol. The molecular weight excluding hydrogens is 222 g/mol. The van der Waals surface area contributed by atoms with Crippen LogP contribution in [-0.4, -0.2) is 17.7 Å². The monoisotopic (exact) mass is 247 g/mol. The molecule has 0 saturated heterocycles. The summed E-state index contributed by atoms with van der Waals surface area (Å²) in [5.74, 6) is 0.755. The molecule has 1 aliphatic carbocycles. The molecule has 0 aliphatic heterocycles. The minimum Gasteiger partial charge on any atom is -0.387 e. The summed E-state index contributed by atoms with van der Waals surface area (Å²) in [5, 5.41) is 13.3. The van der Waals surface area contributed by atoms with Gasteiger partial charge in [0.1, 0.15) is 0 Å². The van der Waals surface area contributed by atoms with Gasteiger partial charge in [-0.05, 0) is 29.9 Å². The molecule has 1 aliphatic rings. The molecule has 0 radical (unpaired) electrons. The number of hydrogen-bond acceptors (Lipinski definition) is 2. The van der Waals surface area contributed by atoms with Gasteiger partial charge >= 0.3 is 0 Å². The molecule has 0 unspecified atom stereocenters. The van der Waals surface area contributed by atoms with Gasteiger partial charge in [0.15, 0.2) is 0 Å². The van der Waals surface area contributed by atoms with Crippen LogP contribution in [0.2, 0.25) is 0 Å². The summed E-state index contributed by atoms with van der Waals surface area (Å²) in [4.78, 5) is 0. The molecular formula is C16H25NO. The summed E-state index contributed by atoms with van der Waals surface area (Å²) < 4.78 is 0. The van der Waals surface area contributed by atoms with E-state index in [1.807, 2.05) is 0 Å². The van der Waals surface area contributed by atoms with Crippen molar-refractivity contribution in [1.82, 2.24) is 5.32 Å². The van der Waals surface area contributed by atoms with Crippen molar-refractivity contribution in [1.29, 1.82) is 0 Å². The molecule has 2 N–H and O–H groups in total. The van der Waals surface area contributed by atoms with Crippen LogP contribution in [0.4, 0.5) is 0 Å². The molecule has 2 nitrogen and oxygen atoms in total. The van der Waals surface area contributed by atoms with Crippen molar-refractivity contribution in [3.05, 3.63) is 35.4 Å². The van der Waals surface area contributed by atoms with Crippen LogP contribution in [0.3, 0.4) is 0 Å². The first-order valence-electron chi connectivity index (χ1n) is 7.18. The second-order valence-corrected chi connectivity index (χ2v) is 5.73. The zero-order chi connectivity index (χ0) is 13.0. The Balaban J connectivity index is 1.93. The molecule has 1 atom stereocenters. The molecule has 0 heterocycles. The standard InChI is InChI=1S/C16H25NO/c1-12(2)17-11-16(18)15-9-7-14(8-10-15)13-5-3-4-6-13/h7-10,12-13,16-18H,3-6,11H2,1-2H3/t16-/m0/s1. The van der Waals surface area contributed by atoms with Gasteiger partial charge in [0.25, 0.3) is 0 Å². The number of hydrogen-bond donors (Lipinski definition) is 2. The van der Waals surface area contributed by atoms with Crippen molar-refractivity contribution < 1.29 is 5.11 Å². The highest BCUT2D eigenvalue weighted by Gasteiger charge is 2.17. The fourth-order valence-corrected chi connectivity index (χ4v) is 2.71. The average Bonchev–Trinajstić information content (AvgIpc) is 2.90. The van der Waals surface area contributed by atoms with Crippen LogP contribution in [0.1, 0.15) is 62.7 Å². The van der Waals surface area contributed by atoms with Crippen LogP contribution in [-0.2, 0) is 0 Å². The first kappa shape index (κ1) is 13.6. The maximum atomic E-state index is 10.1. The zero-order valence-electron chi connectivity index (χ0n) is 11.5. The van der Waals surface area contributed by atoms with Crippen molar-refractivity contribution >= 4 is 0 Å². The molecule has 1 saturated carbocycles. The molecule has 100 valence electrons. The van der Waals surface area contributed by atoms with E-state index in [9.17, 15) is 5.11 Å². The Morgan fingerprint density at radius 2 is 1.78 bits per heavy atom. The largest absolute Gasteiger partial charge is 0.387 e. The minimum atomic E-state index is -0.398. The zero-order valence-corrected chi connectivity index (χ0v) is 11.5.